The Labute approximate surface area is 184 Å². The molecule has 162 valence electrons. The summed E-state index contributed by atoms with van der Waals surface area (Å²) in [5, 5.41) is 3.61. The third-order valence-electron chi connectivity index (χ3n) is 5.46. The smallest absolute Gasteiger partial charge is 0.223 e. The van der Waals surface area contributed by atoms with Gasteiger partial charge in [0.1, 0.15) is 0 Å². The number of carbonyl (C=O) groups is 1. The molecule has 2 aromatic rings. The normalized spacial score (nSPS) is 16.4. The van der Waals surface area contributed by atoms with Crippen LogP contribution in [0, 0.1) is 5.92 Å². The molecule has 0 atom stereocenters. The van der Waals surface area contributed by atoms with Crippen LogP contribution in [0.15, 0.2) is 54.6 Å². The molecule has 1 saturated heterocycles. The number of carbonyl (C=O) groups excluding carboxylic acids is 1. The molecule has 0 aromatic heterocycles. The lowest BCUT2D eigenvalue weighted by atomic mass is 9.91. The Morgan fingerprint density at radius 1 is 1.07 bits per heavy atom. The van der Waals surface area contributed by atoms with E-state index in [4.69, 9.17) is 11.6 Å². The highest BCUT2D eigenvalue weighted by Crippen LogP contribution is 2.25. The second kappa shape index (κ2) is 9.50. The van der Waals surface area contributed by atoms with Gasteiger partial charge in [-0.05, 0) is 50.3 Å². The Kier molecular flexibility index (Phi) is 7.22. The second-order valence-electron chi connectivity index (χ2n) is 8.56. The lowest BCUT2D eigenvalue weighted by Gasteiger charge is -2.33. The first-order valence-electron chi connectivity index (χ1n) is 10.2. The predicted molar refractivity (Wildman–Crippen MR) is 121 cm³/mol. The number of nitrogens with one attached hydrogen (secondary N) is 1. The zero-order chi connectivity index (χ0) is 21.8. The molecular weight excluding hydrogens is 420 g/mol. The Balaban J connectivity index is 1.54. The average Bonchev–Trinajstić information content (AvgIpc) is 2.70. The van der Waals surface area contributed by atoms with Crippen LogP contribution in [0.3, 0.4) is 0 Å². The van der Waals surface area contributed by atoms with Gasteiger partial charge in [0.15, 0.2) is 0 Å². The molecule has 3 rings (SSSR count). The molecule has 0 aliphatic carbocycles. The van der Waals surface area contributed by atoms with Gasteiger partial charge in [0.05, 0.1) is 5.75 Å². The zero-order valence-electron chi connectivity index (χ0n) is 17.5. The standard InChI is InChI=1S/C23H29ClN2O3S/c1-23(2,16-18-8-4-3-5-9-18)25-22(27)19-12-14-26(15-13-19)30(28,29)17-20-10-6-7-11-21(20)24/h3-11,19H,12-17H2,1-2H3,(H,25,27). The molecule has 0 spiro atoms. The van der Waals surface area contributed by atoms with E-state index in [1.54, 1.807) is 24.3 Å². The van der Waals surface area contributed by atoms with Crippen LogP contribution in [-0.4, -0.2) is 37.3 Å². The maximum absolute atomic E-state index is 12.8. The number of rotatable bonds is 7. The maximum Gasteiger partial charge on any atom is 0.223 e. The van der Waals surface area contributed by atoms with E-state index in [1.165, 1.54) is 9.87 Å². The molecule has 1 heterocycles. The van der Waals surface area contributed by atoms with Crippen molar-refractivity contribution in [3.05, 3.63) is 70.7 Å². The molecule has 0 saturated carbocycles. The first-order chi connectivity index (χ1) is 14.2. The Hall–Kier alpha value is -1.89. The molecule has 1 fully saturated rings. The molecule has 1 amide bonds. The van der Waals surface area contributed by atoms with E-state index in [9.17, 15) is 13.2 Å². The predicted octanol–water partition coefficient (Wildman–Crippen LogP) is 4.02. The third-order valence-corrected chi connectivity index (χ3v) is 7.66. The molecule has 1 aliphatic rings. The van der Waals surface area contributed by atoms with E-state index in [0.29, 0.717) is 36.5 Å². The highest BCUT2D eigenvalue weighted by molar-refractivity contribution is 7.88. The second-order valence-corrected chi connectivity index (χ2v) is 10.9. The van der Waals surface area contributed by atoms with Crippen molar-refractivity contribution < 1.29 is 13.2 Å². The fourth-order valence-corrected chi connectivity index (χ4v) is 5.76. The molecule has 1 aliphatic heterocycles. The van der Waals surface area contributed by atoms with Crippen LogP contribution in [-0.2, 0) is 27.0 Å². The van der Waals surface area contributed by atoms with Crippen molar-refractivity contribution in [1.82, 2.24) is 9.62 Å². The molecule has 0 bridgehead atoms. The van der Waals surface area contributed by atoms with Crippen molar-refractivity contribution in [2.45, 2.75) is 44.4 Å². The minimum atomic E-state index is -3.47. The highest BCUT2D eigenvalue weighted by atomic mass is 35.5. The molecule has 2 aromatic carbocycles. The van der Waals surface area contributed by atoms with Crippen molar-refractivity contribution in [3.63, 3.8) is 0 Å². The quantitative estimate of drug-likeness (QED) is 0.695. The maximum atomic E-state index is 12.8. The highest BCUT2D eigenvalue weighted by Gasteiger charge is 2.33. The number of halogens is 1. The summed E-state index contributed by atoms with van der Waals surface area (Å²) in [7, 11) is -3.47. The van der Waals surface area contributed by atoms with Gasteiger partial charge < -0.3 is 5.32 Å². The van der Waals surface area contributed by atoms with E-state index in [0.717, 1.165) is 6.42 Å². The Morgan fingerprint density at radius 2 is 1.67 bits per heavy atom. The number of sulfonamides is 1. The summed E-state index contributed by atoms with van der Waals surface area (Å²) < 4.78 is 27.0. The largest absolute Gasteiger partial charge is 0.351 e. The summed E-state index contributed by atoms with van der Waals surface area (Å²) in [6, 6.07) is 17.1. The van der Waals surface area contributed by atoms with Crippen LogP contribution >= 0.6 is 11.6 Å². The van der Waals surface area contributed by atoms with Gasteiger partial charge in [0, 0.05) is 29.6 Å². The summed E-state index contributed by atoms with van der Waals surface area (Å²) in [6.07, 6.45) is 1.79. The average molecular weight is 449 g/mol. The third kappa shape index (κ3) is 6.06. The van der Waals surface area contributed by atoms with Crippen molar-refractivity contribution in [3.8, 4) is 0 Å². The molecule has 0 radical (unpaired) electrons. The summed E-state index contributed by atoms with van der Waals surface area (Å²) in [4.78, 5) is 12.8. The number of nitrogens with zero attached hydrogens (tertiary/aromatic N) is 1. The van der Waals surface area contributed by atoms with Crippen molar-refractivity contribution >= 4 is 27.5 Å². The van der Waals surface area contributed by atoms with Crippen molar-refractivity contribution in [2.24, 2.45) is 5.92 Å². The molecule has 7 heteroatoms. The van der Waals surface area contributed by atoms with Crippen LogP contribution in [0.25, 0.3) is 0 Å². The first kappa shape index (κ1) is 22.8. The van der Waals surface area contributed by atoms with Crippen LogP contribution in [0.4, 0.5) is 0 Å². The minimum absolute atomic E-state index is 0.000849. The summed E-state index contributed by atoms with van der Waals surface area (Å²) >= 11 is 6.12. The molecule has 1 N–H and O–H groups in total. The van der Waals surface area contributed by atoms with Gasteiger partial charge in [-0.25, -0.2) is 12.7 Å². The Bertz CT molecular complexity index is 969. The van der Waals surface area contributed by atoms with Gasteiger partial charge in [0.25, 0.3) is 0 Å². The van der Waals surface area contributed by atoms with Gasteiger partial charge in [0.2, 0.25) is 15.9 Å². The van der Waals surface area contributed by atoms with Crippen LogP contribution in [0.1, 0.15) is 37.8 Å². The summed E-state index contributed by atoms with van der Waals surface area (Å²) in [6.45, 7) is 4.73. The van der Waals surface area contributed by atoms with Gasteiger partial charge in [-0.2, -0.15) is 0 Å². The van der Waals surface area contributed by atoms with Crippen LogP contribution in [0.5, 0.6) is 0 Å². The van der Waals surface area contributed by atoms with Crippen LogP contribution in [0.2, 0.25) is 5.02 Å². The van der Waals surface area contributed by atoms with Gasteiger partial charge in [-0.15, -0.1) is 0 Å². The number of piperidine rings is 1. The fourth-order valence-electron chi connectivity index (χ4n) is 3.89. The zero-order valence-corrected chi connectivity index (χ0v) is 19.0. The van der Waals surface area contributed by atoms with Crippen LogP contribution < -0.4 is 5.32 Å². The number of benzene rings is 2. The first-order valence-corrected chi connectivity index (χ1v) is 12.2. The van der Waals surface area contributed by atoms with Gasteiger partial charge in [-0.3, -0.25) is 4.79 Å². The molecular formula is C23H29ClN2O3S. The summed E-state index contributed by atoms with van der Waals surface area (Å²) in [5.41, 5.74) is 1.40. The topological polar surface area (TPSA) is 66.5 Å². The lowest BCUT2D eigenvalue weighted by Crippen LogP contribution is -2.50. The molecule has 5 nitrogen and oxygen atoms in total. The van der Waals surface area contributed by atoms with Gasteiger partial charge >= 0.3 is 0 Å². The van der Waals surface area contributed by atoms with Crippen molar-refractivity contribution in [2.75, 3.05) is 13.1 Å². The monoisotopic (exact) mass is 448 g/mol. The Morgan fingerprint density at radius 3 is 2.30 bits per heavy atom. The molecule has 30 heavy (non-hydrogen) atoms. The SMILES string of the molecule is CC(C)(Cc1ccccc1)NC(=O)C1CCN(S(=O)(=O)Cc2ccccc2Cl)CC1. The number of hydrogen-bond acceptors (Lipinski definition) is 3. The minimum Gasteiger partial charge on any atom is -0.351 e. The van der Waals surface area contributed by atoms with Crippen molar-refractivity contribution in [1.29, 1.82) is 0 Å². The van der Waals surface area contributed by atoms with Gasteiger partial charge in [-0.1, -0.05) is 60.1 Å². The van der Waals surface area contributed by atoms with E-state index < -0.39 is 10.0 Å². The van der Waals surface area contributed by atoms with E-state index >= 15 is 0 Å². The lowest BCUT2D eigenvalue weighted by molar-refractivity contribution is -0.127. The molecule has 0 unspecified atom stereocenters. The van der Waals surface area contributed by atoms with E-state index in [2.05, 4.69) is 17.4 Å². The number of hydrogen-bond donors (Lipinski definition) is 1. The number of amides is 1. The fraction of sp³-hybridized carbons (Fsp3) is 0.435. The van der Waals surface area contributed by atoms with E-state index in [-0.39, 0.29) is 23.1 Å². The van der Waals surface area contributed by atoms with E-state index in [1.807, 2.05) is 32.0 Å². The summed E-state index contributed by atoms with van der Waals surface area (Å²) in [5.74, 6) is -0.293.